The maximum atomic E-state index is 14.2. The molecule has 0 aliphatic carbocycles. The van der Waals surface area contributed by atoms with Gasteiger partial charge in [-0.1, -0.05) is 17.7 Å². The first kappa shape index (κ1) is 20.1. The van der Waals surface area contributed by atoms with E-state index in [9.17, 15) is 14.0 Å². The number of nitriles is 1. The predicted molar refractivity (Wildman–Crippen MR) is 107 cm³/mol. The number of nitrogens with zero attached hydrogens (tertiary/aromatic N) is 2. The SMILES string of the molecule is Cc1c(C=C2CCN(C(=O)O)CC2)cc(F)cc1NC(=O)c1cccc(C#N)c1. The van der Waals surface area contributed by atoms with E-state index >= 15 is 0 Å². The summed E-state index contributed by atoms with van der Waals surface area (Å²) in [5.41, 5.74) is 3.43. The van der Waals surface area contributed by atoms with Crippen molar-refractivity contribution in [2.24, 2.45) is 0 Å². The van der Waals surface area contributed by atoms with Crippen molar-refractivity contribution in [2.45, 2.75) is 19.8 Å². The number of benzene rings is 2. The van der Waals surface area contributed by atoms with Crippen LogP contribution in [0.1, 0.15) is 39.9 Å². The Kier molecular flexibility index (Phi) is 5.93. The molecule has 2 aromatic carbocycles. The van der Waals surface area contributed by atoms with Crippen molar-refractivity contribution in [1.82, 2.24) is 4.90 Å². The third kappa shape index (κ3) is 4.79. The Morgan fingerprint density at radius 3 is 2.62 bits per heavy atom. The molecule has 7 heteroatoms. The summed E-state index contributed by atoms with van der Waals surface area (Å²) in [6.07, 6.45) is 2.11. The van der Waals surface area contributed by atoms with Crippen LogP contribution >= 0.6 is 0 Å². The number of amides is 2. The van der Waals surface area contributed by atoms with E-state index in [4.69, 9.17) is 10.4 Å². The molecule has 3 rings (SSSR count). The van der Waals surface area contributed by atoms with Crippen LogP contribution in [0.3, 0.4) is 0 Å². The van der Waals surface area contributed by atoms with Crippen LogP contribution in [0.15, 0.2) is 42.0 Å². The van der Waals surface area contributed by atoms with Gasteiger partial charge in [0.25, 0.3) is 5.91 Å². The first-order chi connectivity index (χ1) is 13.9. The zero-order valence-corrected chi connectivity index (χ0v) is 15.9. The Morgan fingerprint density at radius 2 is 1.97 bits per heavy atom. The molecule has 0 atom stereocenters. The van der Waals surface area contributed by atoms with Gasteiger partial charge in [0.05, 0.1) is 11.6 Å². The summed E-state index contributed by atoms with van der Waals surface area (Å²) < 4.78 is 14.2. The van der Waals surface area contributed by atoms with Crippen molar-refractivity contribution in [3.05, 3.63) is 70.0 Å². The van der Waals surface area contributed by atoms with E-state index in [-0.39, 0.29) is 0 Å². The minimum Gasteiger partial charge on any atom is -0.465 e. The van der Waals surface area contributed by atoms with E-state index in [0.717, 1.165) is 5.57 Å². The van der Waals surface area contributed by atoms with Gasteiger partial charge in [0, 0.05) is 24.3 Å². The first-order valence-corrected chi connectivity index (χ1v) is 9.16. The summed E-state index contributed by atoms with van der Waals surface area (Å²) in [6, 6.07) is 10.9. The van der Waals surface area contributed by atoms with E-state index in [2.05, 4.69) is 5.32 Å². The Bertz CT molecular complexity index is 1030. The number of carbonyl (C=O) groups excluding carboxylic acids is 1. The number of likely N-dealkylation sites (tertiary alicyclic amines) is 1. The van der Waals surface area contributed by atoms with Gasteiger partial charge in [-0.2, -0.15) is 5.26 Å². The molecule has 2 aromatic rings. The summed E-state index contributed by atoms with van der Waals surface area (Å²) in [7, 11) is 0. The van der Waals surface area contributed by atoms with Crippen LogP contribution in [0, 0.1) is 24.1 Å². The molecule has 6 nitrogen and oxygen atoms in total. The Labute approximate surface area is 167 Å². The van der Waals surface area contributed by atoms with E-state index < -0.39 is 17.8 Å². The molecule has 0 radical (unpaired) electrons. The summed E-state index contributed by atoms with van der Waals surface area (Å²) in [5, 5.41) is 20.7. The number of anilines is 1. The Morgan fingerprint density at radius 1 is 1.24 bits per heavy atom. The summed E-state index contributed by atoms with van der Waals surface area (Å²) in [5.74, 6) is -0.907. The van der Waals surface area contributed by atoms with E-state index in [1.807, 2.05) is 12.1 Å². The van der Waals surface area contributed by atoms with Crippen LogP contribution in [0.25, 0.3) is 6.08 Å². The number of piperidine rings is 1. The van der Waals surface area contributed by atoms with Crippen molar-refractivity contribution < 1.29 is 19.1 Å². The molecule has 1 saturated heterocycles. The molecule has 0 saturated carbocycles. The second kappa shape index (κ2) is 8.57. The molecule has 1 aliphatic rings. The minimum absolute atomic E-state index is 0.314. The van der Waals surface area contributed by atoms with Crippen molar-refractivity contribution >= 4 is 23.8 Å². The number of nitrogens with one attached hydrogen (secondary N) is 1. The van der Waals surface area contributed by atoms with Gasteiger partial charge in [-0.05, 0) is 61.2 Å². The van der Waals surface area contributed by atoms with E-state index in [1.165, 1.54) is 23.1 Å². The molecule has 2 N–H and O–H groups in total. The van der Waals surface area contributed by atoms with Crippen LogP contribution in [0.4, 0.5) is 14.9 Å². The zero-order chi connectivity index (χ0) is 21.0. The molecule has 0 bridgehead atoms. The van der Waals surface area contributed by atoms with E-state index in [0.29, 0.717) is 53.9 Å². The number of halogens is 1. The summed E-state index contributed by atoms with van der Waals surface area (Å²) in [4.78, 5) is 24.9. The molecule has 2 amide bonds. The van der Waals surface area contributed by atoms with Crippen molar-refractivity contribution in [2.75, 3.05) is 18.4 Å². The van der Waals surface area contributed by atoms with Gasteiger partial charge in [0.15, 0.2) is 0 Å². The van der Waals surface area contributed by atoms with Gasteiger partial charge in [-0.25, -0.2) is 9.18 Å². The van der Waals surface area contributed by atoms with Crippen molar-refractivity contribution in [3.63, 3.8) is 0 Å². The Hall–Kier alpha value is -3.66. The van der Waals surface area contributed by atoms with Crippen molar-refractivity contribution in [3.8, 4) is 6.07 Å². The molecular formula is C22H20FN3O3. The fraction of sp³-hybridized carbons (Fsp3) is 0.227. The average molecular weight is 393 g/mol. The number of hydrogen-bond donors (Lipinski definition) is 2. The van der Waals surface area contributed by atoms with Crippen LogP contribution < -0.4 is 5.32 Å². The average Bonchev–Trinajstić information content (AvgIpc) is 2.71. The molecular weight excluding hydrogens is 373 g/mol. The minimum atomic E-state index is -0.934. The van der Waals surface area contributed by atoms with Gasteiger partial charge < -0.3 is 15.3 Å². The molecule has 1 fully saturated rings. The second-order valence-electron chi connectivity index (χ2n) is 6.89. The second-order valence-corrected chi connectivity index (χ2v) is 6.89. The van der Waals surface area contributed by atoms with Crippen molar-refractivity contribution in [1.29, 1.82) is 5.26 Å². The largest absolute Gasteiger partial charge is 0.465 e. The molecule has 0 unspecified atom stereocenters. The molecule has 1 heterocycles. The van der Waals surface area contributed by atoms with E-state index in [1.54, 1.807) is 25.1 Å². The Balaban J connectivity index is 1.82. The highest BCUT2D eigenvalue weighted by Crippen LogP contribution is 2.27. The number of hydrogen-bond acceptors (Lipinski definition) is 3. The maximum Gasteiger partial charge on any atom is 0.407 e. The fourth-order valence-corrected chi connectivity index (χ4v) is 3.25. The number of rotatable bonds is 3. The maximum absolute atomic E-state index is 14.2. The normalized spacial score (nSPS) is 13.6. The molecule has 0 spiro atoms. The van der Waals surface area contributed by atoms with Crippen LogP contribution in [-0.2, 0) is 0 Å². The predicted octanol–water partition coefficient (Wildman–Crippen LogP) is 4.42. The number of carbonyl (C=O) groups is 2. The third-order valence-corrected chi connectivity index (χ3v) is 4.95. The highest BCUT2D eigenvalue weighted by Gasteiger charge is 2.18. The monoisotopic (exact) mass is 393 g/mol. The summed E-state index contributed by atoms with van der Waals surface area (Å²) >= 11 is 0. The standard InChI is InChI=1S/C22H20FN3O3/c1-14-18(9-15-5-7-26(8-6-15)22(28)29)11-19(23)12-20(14)25-21(27)17-4-2-3-16(10-17)13-24/h2-4,9-12H,5-8H2,1H3,(H,25,27)(H,28,29). The molecule has 1 aliphatic heterocycles. The van der Waals surface area contributed by atoms with Crippen LogP contribution in [0.5, 0.6) is 0 Å². The lowest BCUT2D eigenvalue weighted by atomic mass is 9.98. The lowest BCUT2D eigenvalue weighted by Gasteiger charge is -2.26. The molecule has 148 valence electrons. The fourth-order valence-electron chi connectivity index (χ4n) is 3.25. The smallest absolute Gasteiger partial charge is 0.407 e. The topological polar surface area (TPSA) is 93.4 Å². The zero-order valence-electron chi connectivity index (χ0n) is 15.9. The van der Waals surface area contributed by atoms with Gasteiger partial charge in [-0.3, -0.25) is 4.79 Å². The number of carboxylic acid groups (broad SMARTS) is 1. The van der Waals surface area contributed by atoms with Crippen LogP contribution in [-0.4, -0.2) is 35.1 Å². The van der Waals surface area contributed by atoms with Gasteiger partial charge in [0.2, 0.25) is 0 Å². The third-order valence-electron chi connectivity index (χ3n) is 4.95. The van der Waals surface area contributed by atoms with Gasteiger partial charge >= 0.3 is 6.09 Å². The quantitative estimate of drug-likeness (QED) is 0.807. The lowest BCUT2D eigenvalue weighted by molar-refractivity contribution is 0.102. The molecule has 29 heavy (non-hydrogen) atoms. The highest BCUT2D eigenvalue weighted by molar-refractivity contribution is 6.05. The van der Waals surface area contributed by atoms with Gasteiger partial charge in [0.1, 0.15) is 5.82 Å². The lowest BCUT2D eigenvalue weighted by Crippen LogP contribution is -2.35. The molecule has 0 aromatic heterocycles. The van der Waals surface area contributed by atoms with Crippen LogP contribution in [0.2, 0.25) is 0 Å². The summed E-state index contributed by atoms with van der Waals surface area (Å²) in [6.45, 7) is 2.61. The highest BCUT2D eigenvalue weighted by atomic mass is 19.1. The van der Waals surface area contributed by atoms with Gasteiger partial charge in [-0.15, -0.1) is 0 Å². The first-order valence-electron chi connectivity index (χ1n) is 9.16.